The second kappa shape index (κ2) is 8.51. The lowest BCUT2D eigenvalue weighted by Gasteiger charge is -2.34. The standard InChI is InChI=1S/C17H31N3O2/c1-3-14(4-2)17(22)20-9-7-15(8-10-20)19-16(21)12-18-11-13-5-6-13/h13-15,18H,3-12H2,1-2H3,(H,19,21). The van der Waals surface area contributed by atoms with E-state index in [1.54, 1.807) is 0 Å². The van der Waals surface area contributed by atoms with Crippen molar-refractivity contribution in [2.75, 3.05) is 26.2 Å². The van der Waals surface area contributed by atoms with Gasteiger partial charge in [-0.1, -0.05) is 13.8 Å². The van der Waals surface area contributed by atoms with Gasteiger partial charge in [0.15, 0.2) is 0 Å². The molecule has 2 amide bonds. The summed E-state index contributed by atoms with van der Waals surface area (Å²) in [6.45, 7) is 7.09. The van der Waals surface area contributed by atoms with E-state index in [-0.39, 0.29) is 17.9 Å². The number of amides is 2. The molecule has 0 bridgehead atoms. The number of piperidine rings is 1. The minimum absolute atomic E-state index is 0.0884. The van der Waals surface area contributed by atoms with E-state index in [2.05, 4.69) is 24.5 Å². The predicted molar refractivity (Wildman–Crippen MR) is 87.4 cm³/mol. The molecule has 0 atom stereocenters. The van der Waals surface area contributed by atoms with Crippen LogP contribution in [0.3, 0.4) is 0 Å². The maximum atomic E-state index is 12.3. The van der Waals surface area contributed by atoms with Crippen molar-refractivity contribution in [1.29, 1.82) is 0 Å². The van der Waals surface area contributed by atoms with E-state index in [4.69, 9.17) is 0 Å². The maximum Gasteiger partial charge on any atom is 0.234 e. The molecule has 22 heavy (non-hydrogen) atoms. The lowest BCUT2D eigenvalue weighted by atomic mass is 9.98. The lowest BCUT2D eigenvalue weighted by molar-refractivity contribution is -0.137. The smallest absolute Gasteiger partial charge is 0.234 e. The van der Waals surface area contributed by atoms with Crippen LogP contribution in [0.1, 0.15) is 52.4 Å². The highest BCUT2D eigenvalue weighted by Crippen LogP contribution is 2.27. The molecule has 1 saturated carbocycles. The summed E-state index contributed by atoms with van der Waals surface area (Å²) < 4.78 is 0. The van der Waals surface area contributed by atoms with Crippen molar-refractivity contribution in [1.82, 2.24) is 15.5 Å². The van der Waals surface area contributed by atoms with Gasteiger partial charge < -0.3 is 15.5 Å². The van der Waals surface area contributed by atoms with Gasteiger partial charge in [0.05, 0.1) is 6.54 Å². The quantitative estimate of drug-likeness (QED) is 0.715. The maximum absolute atomic E-state index is 12.3. The lowest BCUT2D eigenvalue weighted by Crippen LogP contribution is -2.49. The van der Waals surface area contributed by atoms with Gasteiger partial charge >= 0.3 is 0 Å². The van der Waals surface area contributed by atoms with Crippen LogP contribution in [0, 0.1) is 11.8 Å². The highest BCUT2D eigenvalue weighted by molar-refractivity contribution is 5.79. The Kier molecular flexibility index (Phi) is 6.68. The highest BCUT2D eigenvalue weighted by Gasteiger charge is 2.27. The Morgan fingerprint density at radius 2 is 1.73 bits per heavy atom. The van der Waals surface area contributed by atoms with Gasteiger partial charge in [0.25, 0.3) is 0 Å². The molecular formula is C17H31N3O2. The van der Waals surface area contributed by atoms with Crippen molar-refractivity contribution in [3.05, 3.63) is 0 Å². The fourth-order valence-electron chi connectivity index (χ4n) is 3.13. The van der Waals surface area contributed by atoms with E-state index in [1.165, 1.54) is 12.8 Å². The van der Waals surface area contributed by atoms with Gasteiger partial charge in [-0.2, -0.15) is 0 Å². The monoisotopic (exact) mass is 309 g/mol. The van der Waals surface area contributed by atoms with Gasteiger partial charge in [0.1, 0.15) is 0 Å². The summed E-state index contributed by atoms with van der Waals surface area (Å²) >= 11 is 0. The van der Waals surface area contributed by atoms with E-state index in [0.29, 0.717) is 12.5 Å². The molecule has 2 fully saturated rings. The molecule has 2 rings (SSSR count). The largest absolute Gasteiger partial charge is 0.352 e. The normalized spacial score (nSPS) is 19.5. The van der Waals surface area contributed by atoms with Crippen molar-refractivity contribution in [3.8, 4) is 0 Å². The van der Waals surface area contributed by atoms with Crippen LogP contribution in [0.4, 0.5) is 0 Å². The molecule has 2 N–H and O–H groups in total. The topological polar surface area (TPSA) is 61.4 Å². The van der Waals surface area contributed by atoms with Gasteiger partial charge in [-0.3, -0.25) is 9.59 Å². The van der Waals surface area contributed by atoms with Gasteiger partial charge in [0.2, 0.25) is 11.8 Å². The molecule has 0 aromatic rings. The second-order valence-corrected chi connectivity index (χ2v) is 6.75. The first-order chi connectivity index (χ1) is 10.6. The van der Waals surface area contributed by atoms with Crippen LogP contribution < -0.4 is 10.6 Å². The SMILES string of the molecule is CCC(CC)C(=O)N1CCC(NC(=O)CNCC2CC2)CC1. The van der Waals surface area contributed by atoms with Gasteiger partial charge in [0, 0.05) is 25.0 Å². The minimum atomic E-state index is 0.0884. The summed E-state index contributed by atoms with van der Waals surface area (Å²) in [5.41, 5.74) is 0. The van der Waals surface area contributed by atoms with Gasteiger partial charge in [-0.05, 0) is 51.0 Å². The Morgan fingerprint density at radius 3 is 2.27 bits per heavy atom. The number of hydrogen-bond acceptors (Lipinski definition) is 3. The Bertz CT molecular complexity index is 370. The molecule has 2 aliphatic rings. The van der Waals surface area contributed by atoms with Crippen molar-refractivity contribution in [2.45, 2.75) is 58.4 Å². The van der Waals surface area contributed by atoms with Crippen molar-refractivity contribution < 1.29 is 9.59 Å². The van der Waals surface area contributed by atoms with Gasteiger partial charge in [-0.15, -0.1) is 0 Å². The minimum Gasteiger partial charge on any atom is -0.352 e. The number of carbonyl (C=O) groups excluding carboxylic acids is 2. The van der Waals surface area contributed by atoms with E-state index < -0.39 is 0 Å². The Hall–Kier alpha value is -1.10. The number of likely N-dealkylation sites (tertiary alicyclic amines) is 1. The average molecular weight is 309 g/mol. The first-order valence-electron chi connectivity index (χ1n) is 8.92. The van der Waals surface area contributed by atoms with Crippen molar-refractivity contribution in [3.63, 3.8) is 0 Å². The summed E-state index contributed by atoms with van der Waals surface area (Å²) in [6, 6.07) is 0.223. The molecule has 0 unspecified atom stereocenters. The molecule has 0 radical (unpaired) electrons. The molecule has 1 heterocycles. The molecule has 0 aromatic carbocycles. The van der Waals surface area contributed by atoms with Crippen LogP contribution >= 0.6 is 0 Å². The molecule has 5 nitrogen and oxygen atoms in total. The molecule has 0 aromatic heterocycles. The average Bonchev–Trinajstić information content (AvgIpc) is 3.33. The number of carbonyl (C=O) groups is 2. The van der Waals surface area contributed by atoms with Crippen LogP contribution in [0.15, 0.2) is 0 Å². The number of nitrogens with one attached hydrogen (secondary N) is 2. The third-order valence-electron chi connectivity index (χ3n) is 4.92. The zero-order chi connectivity index (χ0) is 15.9. The molecule has 1 saturated heterocycles. The van der Waals surface area contributed by atoms with E-state index in [1.807, 2.05) is 4.90 Å². The van der Waals surface area contributed by atoms with E-state index in [9.17, 15) is 9.59 Å². The molecule has 126 valence electrons. The zero-order valence-electron chi connectivity index (χ0n) is 14.1. The molecular weight excluding hydrogens is 278 g/mol. The van der Waals surface area contributed by atoms with E-state index >= 15 is 0 Å². The van der Waals surface area contributed by atoms with Crippen LogP contribution in [-0.4, -0.2) is 48.9 Å². The Morgan fingerprint density at radius 1 is 1.09 bits per heavy atom. The third kappa shape index (κ3) is 5.27. The Labute approximate surface area is 134 Å². The highest BCUT2D eigenvalue weighted by atomic mass is 16.2. The van der Waals surface area contributed by atoms with Crippen LogP contribution in [-0.2, 0) is 9.59 Å². The number of nitrogens with zero attached hydrogens (tertiary/aromatic N) is 1. The summed E-state index contributed by atoms with van der Waals surface area (Å²) in [5.74, 6) is 1.34. The number of rotatable bonds is 8. The van der Waals surface area contributed by atoms with Crippen LogP contribution in [0.2, 0.25) is 0 Å². The first kappa shape index (κ1) is 17.3. The van der Waals surface area contributed by atoms with Crippen LogP contribution in [0.5, 0.6) is 0 Å². The molecule has 1 aliphatic heterocycles. The summed E-state index contributed by atoms with van der Waals surface area (Å²) in [7, 11) is 0. The van der Waals surface area contributed by atoms with E-state index in [0.717, 1.165) is 51.2 Å². The second-order valence-electron chi connectivity index (χ2n) is 6.75. The summed E-state index contributed by atoms with van der Waals surface area (Å²) in [5, 5.41) is 6.31. The predicted octanol–water partition coefficient (Wildman–Crippen LogP) is 1.53. The fraction of sp³-hybridized carbons (Fsp3) is 0.882. The van der Waals surface area contributed by atoms with Crippen LogP contribution in [0.25, 0.3) is 0 Å². The number of hydrogen-bond donors (Lipinski definition) is 2. The molecule has 1 aliphatic carbocycles. The fourth-order valence-corrected chi connectivity index (χ4v) is 3.13. The summed E-state index contributed by atoms with van der Waals surface area (Å²) in [6.07, 6.45) is 6.19. The Balaban J connectivity index is 1.63. The van der Waals surface area contributed by atoms with Crippen molar-refractivity contribution in [2.24, 2.45) is 11.8 Å². The first-order valence-corrected chi connectivity index (χ1v) is 8.92. The molecule has 0 spiro atoms. The van der Waals surface area contributed by atoms with Gasteiger partial charge in [-0.25, -0.2) is 0 Å². The third-order valence-corrected chi connectivity index (χ3v) is 4.92. The molecule has 5 heteroatoms. The van der Waals surface area contributed by atoms with Crippen molar-refractivity contribution >= 4 is 11.8 Å². The zero-order valence-corrected chi connectivity index (χ0v) is 14.1. The summed E-state index contributed by atoms with van der Waals surface area (Å²) in [4.78, 5) is 26.2.